The van der Waals surface area contributed by atoms with Gasteiger partial charge in [-0.05, 0) is 30.7 Å². The zero-order valence-corrected chi connectivity index (χ0v) is 14.7. The number of esters is 1. The first-order valence-corrected chi connectivity index (χ1v) is 7.89. The number of ether oxygens (including phenoxy) is 2. The number of nitro benzene ring substituents is 1. The third-order valence-electron chi connectivity index (χ3n) is 3.68. The van der Waals surface area contributed by atoms with Crippen molar-refractivity contribution in [2.45, 2.75) is 19.6 Å². The van der Waals surface area contributed by atoms with Gasteiger partial charge in [-0.15, -0.1) is 0 Å². The number of non-ortho nitro benzene ring substituents is 1. The number of carbonyl (C=O) groups is 2. The maximum atomic E-state index is 12.3. The van der Waals surface area contributed by atoms with Gasteiger partial charge in [-0.1, -0.05) is 12.1 Å². The number of carbonyl (C=O) groups excluding carboxylic acids is 2. The maximum absolute atomic E-state index is 12.3. The molecule has 0 bridgehead atoms. The topological polar surface area (TPSA) is 128 Å². The van der Waals surface area contributed by atoms with Gasteiger partial charge in [-0.2, -0.15) is 0 Å². The standard InChI is InChI=1S/C18H18N2O7/c1-11(27-18(23)13-5-3-12(10-21)4-6-13)17(22)19-15-8-7-14(20(24)25)9-16(15)26-2/h3-9,11,21H,10H2,1-2H3,(H,19,22)/t11-/m0/s1. The normalized spacial score (nSPS) is 11.4. The van der Waals surface area contributed by atoms with E-state index >= 15 is 0 Å². The number of aliphatic hydroxyl groups is 1. The minimum absolute atomic E-state index is 0.107. The lowest BCUT2D eigenvalue weighted by molar-refractivity contribution is -0.384. The van der Waals surface area contributed by atoms with Crippen molar-refractivity contribution in [2.75, 3.05) is 12.4 Å². The van der Waals surface area contributed by atoms with Crippen LogP contribution in [-0.4, -0.2) is 35.1 Å². The van der Waals surface area contributed by atoms with Crippen LogP contribution >= 0.6 is 0 Å². The van der Waals surface area contributed by atoms with Crippen LogP contribution in [0.2, 0.25) is 0 Å². The Kier molecular flexibility index (Phi) is 6.45. The summed E-state index contributed by atoms with van der Waals surface area (Å²) in [7, 11) is 1.31. The molecule has 0 spiro atoms. The summed E-state index contributed by atoms with van der Waals surface area (Å²) in [5.41, 5.74) is 0.904. The van der Waals surface area contributed by atoms with Gasteiger partial charge in [0, 0.05) is 6.07 Å². The average molecular weight is 374 g/mol. The number of amides is 1. The van der Waals surface area contributed by atoms with E-state index in [1.165, 1.54) is 44.4 Å². The Morgan fingerprint density at radius 2 is 1.89 bits per heavy atom. The molecule has 0 aliphatic rings. The quantitative estimate of drug-likeness (QED) is 0.432. The van der Waals surface area contributed by atoms with E-state index in [1.807, 2.05) is 0 Å². The summed E-state index contributed by atoms with van der Waals surface area (Å²) in [6.07, 6.45) is -1.12. The molecule has 0 saturated heterocycles. The summed E-state index contributed by atoms with van der Waals surface area (Å²) < 4.78 is 10.2. The van der Waals surface area contributed by atoms with Crippen LogP contribution in [0.4, 0.5) is 11.4 Å². The summed E-state index contributed by atoms with van der Waals surface area (Å²) in [6.45, 7) is 1.25. The summed E-state index contributed by atoms with van der Waals surface area (Å²) in [5, 5.41) is 22.3. The van der Waals surface area contributed by atoms with Crippen LogP contribution in [0.1, 0.15) is 22.8 Å². The van der Waals surface area contributed by atoms with Gasteiger partial charge < -0.3 is 19.9 Å². The van der Waals surface area contributed by atoms with Gasteiger partial charge in [0.1, 0.15) is 5.75 Å². The molecule has 2 rings (SSSR count). The molecule has 0 heterocycles. The van der Waals surface area contributed by atoms with Crippen LogP contribution in [0.15, 0.2) is 42.5 Å². The number of methoxy groups -OCH3 is 1. The lowest BCUT2D eigenvalue weighted by Crippen LogP contribution is -2.30. The predicted octanol–water partition coefficient (Wildman–Crippen LogP) is 2.28. The van der Waals surface area contributed by atoms with Crippen molar-refractivity contribution in [3.05, 3.63) is 63.7 Å². The first-order chi connectivity index (χ1) is 12.8. The van der Waals surface area contributed by atoms with E-state index in [9.17, 15) is 19.7 Å². The molecule has 2 N–H and O–H groups in total. The minimum atomic E-state index is -1.12. The van der Waals surface area contributed by atoms with Crippen molar-refractivity contribution in [1.82, 2.24) is 0 Å². The molecule has 142 valence electrons. The molecule has 1 amide bonds. The van der Waals surface area contributed by atoms with Gasteiger partial charge in [0.2, 0.25) is 0 Å². The SMILES string of the molecule is COc1cc([N+](=O)[O-])ccc1NC(=O)[C@H](C)OC(=O)c1ccc(CO)cc1. The molecule has 2 aromatic rings. The van der Waals surface area contributed by atoms with Crippen molar-refractivity contribution in [2.24, 2.45) is 0 Å². The van der Waals surface area contributed by atoms with Crippen molar-refractivity contribution in [3.63, 3.8) is 0 Å². The first kappa shape index (κ1) is 19.9. The van der Waals surface area contributed by atoms with Gasteiger partial charge in [0.25, 0.3) is 11.6 Å². The summed E-state index contributed by atoms with van der Waals surface area (Å²) in [5.74, 6) is -1.21. The number of rotatable bonds is 7. The van der Waals surface area contributed by atoms with Crippen LogP contribution in [0.25, 0.3) is 0 Å². The lowest BCUT2D eigenvalue weighted by Gasteiger charge is -2.15. The summed E-state index contributed by atoms with van der Waals surface area (Å²) >= 11 is 0. The molecular formula is C18H18N2O7. The molecule has 2 aromatic carbocycles. The predicted molar refractivity (Wildman–Crippen MR) is 95.5 cm³/mol. The van der Waals surface area contributed by atoms with E-state index in [-0.39, 0.29) is 29.3 Å². The van der Waals surface area contributed by atoms with Crippen LogP contribution in [0.5, 0.6) is 5.75 Å². The molecule has 0 radical (unpaired) electrons. The van der Waals surface area contributed by atoms with Crippen molar-refractivity contribution >= 4 is 23.3 Å². The second kappa shape index (κ2) is 8.77. The molecule has 0 saturated carbocycles. The summed E-state index contributed by atoms with van der Waals surface area (Å²) in [4.78, 5) is 34.6. The van der Waals surface area contributed by atoms with Crippen LogP contribution in [0, 0.1) is 10.1 Å². The fraction of sp³-hybridized carbons (Fsp3) is 0.222. The third-order valence-corrected chi connectivity index (χ3v) is 3.68. The van der Waals surface area contributed by atoms with Crippen LogP contribution in [0.3, 0.4) is 0 Å². The number of anilines is 1. The van der Waals surface area contributed by atoms with Gasteiger partial charge >= 0.3 is 5.97 Å². The fourth-order valence-corrected chi connectivity index (χ4v) is 2.16. The zero-order chi connectivity index (χ0) is 20.0. The van der Waals surface area contributed by atoms with Gasteiger partial charge in [0.15, 0.2) is 6.10 Å². The Balaban J connectivity index is 2.04. The Morgan fingerprint density at radius 1 is 1.22 bits per heavy atom. The molecule has 0 fully saturated rings. The molecule has 9 heteroatoms. The first-order valence-electron chi connectivity index (χ1n) is 7.89. The molecule has 0 unspecified atom stereocenters. The number of benzene rings is 2. The van der Waals surface area contributed by atoms with E-state index in [0.717, 1.165) is 0 Å². The highest BCUT2D eigenvalue weighted by atomic mass is 16.6. The largest absolute Gasteiger partial charge is 0.494 e. The zero-order valence-electron chi connectivity index (χ0n) is 14.7. The molecule has 0 aliphatic heterocycles. The number of aliphatic hydroxyl groups excluding tert-OH is 1. The number of nitrogens with one attached hydrogen (secondary N) is 1. The molecule has 0 aliphatic carbocycles. The highest BCUT2D eigenvalue weighted by Gasteiger charge is 2.21. The van der Waals surface area contributed by atoms with E-state index in [0.29, 0.717) is 5.56 Å². The summed E-state index contributed by atoms with van der Waals surface area (Å²) in [6, 6.07) is 9.84. The average Bonchev–Trinajstić information content (AvgIpc) is 2.67. The highest BCUT2D eigenvalue weighted by molar-refractivity contribution is 5.98. The van der Waals surface area contributed by atoms with E-state index in [4.69, 9.17) is 14.6 Å². The number of nitrogens with zero attached hydrogens (tertiary/aromatic N) is 1. The Bertz CT molecular complexity index is 849. The number of hydrogen-bond acceptors (Lipinski definition) is 7. The van der Waals surface area contributed by atoms with Crippen molar-refractivity contribution in [3.8, 4) is 5.75 Å². The molecule has 9 nitrogen and oxygen atoms in total. The Morgan fingerprint density at radius 3 is 2.44 bits per heavy atom. The van der Waals surface area contributed by atoms with Gasteiger partial charge in [-0.25, -0.2) is 4.79 Å². The third kappa shape index (κ3) is 5.02. The number of nitro groups is 1. The lowest BCUT2D eigenvalue weighted by atomic mass is 10.1. The smallest absolute Gasteiger partial charge is 0.338 e. The van der Waals surface area contributed by atoms with E-state index < -0.39 is 22.9 Å². The molecule has 1 atom stereocenters. The molecule has 27 heavy (non-hydrogen) atoms. The van der Waals surface area contributed by atoms with Crippen molar-refractivity contribution < 1.29 is 29.1 Å². The van der Waals surface area contributed by atoms with Gasteiger partial charge in [-0.3, -0.25) is 14.9 Å². The van der Waals surface area contributed by atoms with Gasteiger partial charge in [0.05, 0.1) is 36.0 Å². The highest BCUT2D eigenvalue weighted by Crippen LogP contribution is 2.29. The Labute approximate surface area is 154 Å². The minimum Gasteiger partial charge on any atom is -0.494 e. The van der Waals surface area contributed by atoms with E-state index in [1.54, 1.807) is 12.1 Å². The monoisotopic (exact) mass is 374 g/mol. The molecule has 0 aromatic heterocycles. The van der Waals surface area contributed by atoms with Crippen LogP contribution < -0.4 is 10.1 Å². The second-order valence-electron chi connectivity index (χ2n) is 5.53. The Hall–Kier alpha value is -3.46. The molecular weight excluding hydrogens is 356 g/mol. The van der Waals surface area contributed by atoms with Crippen molar-refractivity contribution in [1.29, 1.82) is 0 Å². The maximum Gasteiger partial charge on any atom is 0.338 e. The fourth-order valence-electron chi connectivity index (χ4n) is 2.16. The number of hydrogen-bond donors (Lipinski definition) is 2. The second-order valence-corrected chi connectivity index (χ2v) is 5.53. The van der Waals surface area contributed by atoms with Crippen LogP contribution in [-0.2, 0) is 16.1 Å². The van der Waals surface area contributed by atoms with E-state index in [2.05, 4.69) is 5.32 Å².